The minimum Gasteiger partial charge on any atom is -0.287 e. The lowest BCUT2D eigenvalue weighted by atomic mass is 9.91. The van der Waals surface area contributed by atoms with E-state index in [4.69, 9.17) is 9.98 Å². The first kappa shape index (κ1) is 14.6. The number of rotatable bonds is 4. The molecular formula is C18H20N4. The lowest BCUT2D eigenvalue weighted by Crippen LogP contribution is -2.27. The summed E-state index contributed by atoms with van der Waals surface area (Å²) in [6, 6.07) is 10.3. The molecule has 2 aromatic heterocycles. The molecule has 4 heteroatoms. The van der Waals surface area contributed by atoms with Crippen molar-refractivity contribution in [1.82, 2.24) is 9.97 Å². The van der Waals surface area contributed by atoms with Gasteiger partial charge in [0, 0.05) is 31.0 Å². The third-order valence-electron chi connectivity index (χ3n) is 3.90. The third kappa shape index (κ3) is 4.07. The summed E-state index contributed by atoms with van der Waals surface area (Å²) < 4.78 is 0. The van der Waals surface area contributed by atoms with Gasteiger partial charge in [-0.05, 0) is 42.7 Å². The zero-order chi connectivity index (χ0) is 15.0. The van der Waals surface area contributed by atoms with Gasteiger partial charge in [-0.2, -0.15) is 0 Å². The van der Waals surface area contributed by atoms with Crippen LogP contribution in [0.4, 0.5) is 0 Å². The Bertz CT molecular complexity index is 565. The quantitative estimate of drug-likeness (QED) is 0.812. The smallest absolute Gasteiger partial charge is 0.0807 e. The van der Waals surface area contributed by atoms with Crippen LogP contribution >= 0.6 is 0 Å². The second-order valence-corrected chi connectivity index (χ2v) is 5.51. The van der Waals surface area contributed by atoms with E-state index in [0.717, 1.165) is 24.1 Å². The van der Waals surface area contributed by atoms with E-state index in [2.05, 4.69) is 9.97 Å². The summed E-state index contributed by atoms with van der Waals surface area (Å²) in [6.45, 7) is 0. The molecule has 2 atom stereocenters. The molecule has 22 heavy (non-hydrogen) atoms. The Labute approximate surface area is 131 Å². The van der Waals surface area contributed by atoms with Gasteiger partial charge in [-0.15, -0.1) is 0 Å². The van der Waals surface area contributed by atoms with Crippen molar-refractivity contribution in [1.29, 1.82) is 0 Å². The molecule has 2 aromatic rings. The SMILES string of the molecule is C(=N[C@H]1CCCC[C@@H]1N=Cc1ccccn1)c1ccncc1. The van der Waals surface area contributed by atoms with Crippen LogP contribution in [0.25, 0.3) is 0 Å². The van der Waals surface area contributed by atoms with Crippen molar-refractivity contribution in [3.8, 4) is 0 Å². The molecule has 3 rings (SSSR count). The highest BCUT2D eigenvalue weighted by molar-refractivity contribution is 5.79. The summed E-state index contributed by atoms with van der Waals surface area (Å²) >= 11 is 0. The van der Waals surface area contributed by atoms with Gasteiger partial charge in [0.25, 0.3) is 0 Å². The van der Waals surface area contributed by atoms with Gasteiger partial charge in [-0.3, -0.25) is 20.0 Å². The highest BCUT2D eigenvalue weighted by Gasteiger charge is 2.23. The monoisotopic (exact) mass is 292 g/mol. The summed E-state index contributed by atoms with van der Waals surface area (Å²) in [5.41, 5.74) is 2.00. The maximum Gasteiger partial charge on any atom is 0.0807 e. The molecule has 0 aromatic carbocycles. The Balaban J connectivity index is 1.69. The molecule has 4 nitrogen and oxygen atoms in total. The van der Waals surface area contributed by atoms with Crippen molar-refractivity contribution in [2.75, 3.05) is 0 Å². The Kier molecular flexibility index (Phi) is 5.03. The van der Waals surface area contributed by atoms with E-state index in [1.165, 1.54) is 12.8 Å². The molecule has 112 valence electrons. The molecular weight excluding hydrogens is 272 g/mol. The van der Waals surface area contributed by atoms with Gasteiger partial charge in [0.2, 0.25) is 0 Å². The van der Waals surface area contributed by atoms with Crippen molar-refractivity contribution >= 4 is 12.4 Å². The van der Waals surface area contributed by atoms with Crippen molar-refractivity contribution < 1.29 is 0 Å². The fraction of sp³-hybridized carbons (Fsp3) is 0.333. The summed E-state index contributed by atoms with van der Waals surface area (Å²) in [4.78, 5) is 17.8. The number of nitrogens with zero attached hydrogens (tertiary/aromatic N) is 4. The molecule has 1 fully saturated rings. The van der Waals surface area contributed by atoms with E-state index in [9.17, 15) is 0 Å². The topological polar surface area (TPSA) is 50.5 Å². The lowest BCUT2D eigenvalue weighted by Gasteiger charge is -2.25. The fourth-order valence-corrected chi connectivity index (χ4v) is 2.70. The number of hydrogen-bond donors (Lipinski definition) is 0. The van der Waals surface area contributed by atoms with Gasteiger partial charge in [0.05, 0.1) is 17.8 Å². The summed E-state index contributed by atoms with van der Waals surface area (Å²) in [6.07, 6.45) is 13.9. The Morgan fingerprint density at radius 3 is 2.27 bits per heavy atom. The molecule has 1 aliphatic carbocycles. The molecule has 0 radical (unpaired) electrons. The van der Waals surface area contributed by atoms with Crippen LogP contribution in [0.2, 0.25) is 0 Å². The molecule has 0 aliphatic heterocycles. The number of aliphatic imine (C=N–C) groups is 2. The largest absolute Gasteiger partial charge is 0.287 e. The fourth-order valence-electron chi connectivity index (χ4n) is 2.70. The second kappa shape index (κ2) is 7.59. The molecule has 0 N–H and O–H groups in total. The maximum absolute atomic E-state index is 4.76. The molecule has 1 aliphatic rings. The van der Waals surface area contributed by atoms with Gasteiger partial charge in [0.1, 0.15) is 0 Å². The Morgan fingerprint density at radius 2 is 1.59 bits per heavy atom. The predicted molar refractivity (Wildman–Crippen MR) is 89.7 cm³/mol. The summed E-state index contributed by atoms with van der Waals surface area (Å²) in [5, 5.41) is 0. The minimum atomic E-state index is 0.258. The van der Waals surface area contributed by atoms with E-state index < -0.39 is 0 Å². The minimum absolute atomic E-state index is 0.258. The maximum atomic E-state index is 4.76. The van der Waals surface area contributed by atoms with Crippen molar-refractivity contribution in [3.63, 3.8) is 0 Å². The molecule has 1 saturated carbocycles. The Hall–Kier alpha value is -2.36. The van der Waals surface area contributed by atoms with Crippen LogP contribution in [0, 0.1) is 0 Å². The zero-order valence-corrected chi connectivity index (χ0v) is 12.5. The first-order chi connectivity index (χ1) is 10.9. The number of pyridine rings is 2. The van der Waals surface area contributed by atoms with Crippen LogP contribution in [-0.2, 0) is 0 Å². The number of hydrogen-bond acceptors (Lipinski definition) is 4. The van der Waals surface area contributed by atoms with E-state index in [1.807, 2.05) is 42.8 Å². The first-order valence-corrected chi connectivity index (χ1v) is 7.79. The van der Waals surface area contributed by atoms with E-state index in [-0.39, 0.29) is 12.1 Å². The highest BCUT2D eigenvalue weighted by atomic mass is 14.9. The Morgan fingerprint density at radius 1 is 0.864 bits per heavy atom. The normalized spacial score (nSPS) is 22.4. The van der Waals surface area contributed by atoms with Gasteiger partial charge >= 0.3 is 0 Å². The average molecular weight is 292 g/mol. The van der Waals surface area contributed by atoms with E-state index >= 15 is 0 Å². The van der Waals surface area contributed by atoms with Gasteiger partial charge in [-0.25, -0.2) is 0 Å². The molecule has 0 spiro atoms. The average Bonchev–Trinajstić information content (AvgIpc) is 2.61. The standard InChI is InChI=1S/C18H20N4/c1-2-7-18(22-14-16-5-3-4-10-20-16)17(6-1)21-13-15-8-11-19-12-9-15/h3-5,8-14,17-18H,1-2,6-7H2/t17-,18-/m0/s1. The van der Waals surface area contributed by atoms with Crippen LogP contribution in [0.15, 0.2) is 58.9 Å². The van der Waals surface area contributed by atoms with Crippen molar-refractivity contribution in [3.05, 3.63) is 60.2 Å². The van der Waals surface area contributed by atoms with E-state index in [1.54, 1.807) is 18.6 Å². The third-order valence-corrected chi connectivity index (χ3v) is 3.90. The molecule has 0 amide bonds. The molecule has 0 bridgehead atoms. The number of aromatic nitrogens is 2. The van der Waals surface area contributed by atoms with Gasteiger partial charge < -0.3 is 0 Å². The van der Waals surface area contributed by atoms with Gasteiger partial charge in [-0.1, -0.05) is 18.9 Å². The zero-order valence-electron chi connectivity index (χ0n) is 12.5. The molecule has 0 saturated heterocycles. The second-order valence-electron chi connectivity index (χ2n) is 5.51. The summed E-state index contributed by atoms with van der Waals surface area (Å²) in [7, 11) is 0. The lowest BCUT2D eigenvalue weighted by molar-refractivity contribution is 0.390. The predicted octanol–water partition coefficient (Wildman–Crippen LogP) is 3.33. The summed E-state index contributed by atoms with van der Waals surface area (Å²) in [5.74, 6) is 0. The highest BCUT2D eigenvalue weighted by Crippen LogP contribution is 2.23. The van der Waals surface area contributed by atoms with Crippen LogP contribution in [-0.4, -0.2) is 34.5 Å². The van der Waals surface area contributed by atoms with Crippen molar-refractivity contribution in [2.45, 2.75) is 37.8 Å². The van der Waals surface area contributed by atoms with Crippen LogP contribution in [0.3, 0.4) is 0 Å². The molecule has 0 unspecified atom stereocenters. The van der Waals surface area contributed by atoms with Gasteiger partial charge in [0.15, 0.2) is 0 Å². The van der Waals surface area contributed by atoms with E-state index in [0.29, 0.717) is 0 Å². The molecule has 2 heterocycles. The van der Waals surface area contributed by atoms with Crippen LogP contribution < -0.4 is 0 Å². The van der Waals surface area contributed by atoms with Crippen LogP contribution in [0.1, 0.15) is 36.9 Å². The van der Waals surface area contributed by atoms with Crippen LogP contribution in [0.5, 0.6) is 0 Å². The first-order valence-electron chi connectivity index (χ1n) is 7.79. The van der Waals surface area contributed by atoms with Crippen molar-refractivity contribution in [2.24, 2.45) is 9.98 Å².